The van der Waals surface area contributed by atoms with E-state index < -0.39 is 0 Å². The van der Waals surface area contributed by atoms with Crippen LogP contribution in [0.2, 0.25) is 0 Å². The molecule has 0 heterocycles. The van der Waals surface area contributed by atoms with E-state index in [0.29, 0.717) is 0 Å². The second-order valence-electron chi connectivity index (χ2n) is 0.911. The lowest BCUT2D eigenvalue weighted by Gasteiger charge is -1.91. The molecule has 0 aliphatic heterocycles. The van der Waals surface area contributed by atoms with Crippen LogP contribution in [-0.4, -0.2) is 28.1 Å². The Balaban J connectivity index is 3.29. The van der Waals surface area contributed by atoms with Gasteiger partial charge >= 0.3 is 0 Å². The molecule has 5 heteroatoms. The SMILES string of the molecule is NC(=NCO)SCO. The van der Waals surface area contributed by atoms with Crippen LogP contribution >= 0.6 is 11.8 Å². The summed E-state index contributed by atoms with van der Waals surface area (Å²) in [6.07, 6.45) is 0. The molecule has 0 saturated heterocycles. The molecule has 0 fully saturated rings. The van der Waals surface area contributed by atoms with Crippen molar-refractivity contribution in [1.82, 2.24) is 0 Å². The predicted molar refractivity (Wildman–Crippen MR) is 33.4 cm³/mol. The number of thioether (sulfide) groups is 1. The number of aliphatic hydroxyl groups excluding tert-OH is 2. The zero-order valence-electron chi connectivity index (χ0n) is 4.24. The van der Waals surface area contributed by atoms with Gasteiger partial charge in [-0.05, 0) is 0 Å². The monoisotopic (exact) mass is 136 g/mol. The van der Waals surface area contributed by atoms with Crippen molar-refractivity contribution in [2.24, 2.45) is 10.7 Å². The van der Waals surface area contributed by atoms with Crippen molar-refractivity contribution in [3.05, 3.63) is 0 Å². The van der Waals surface area contributed by atoms with Crippen LogP contribution in [-0.2, 0) is 0 Å². The lowest BCUT2D eigenvalue weighted by atomic mass is 11.2. The molecule has 0 aliphatic rings. The Hall–Kier alpha value is -0.260. The molecule has 0 aromatic carbocycles. The molecule has 8 heavy (non-hydrogen) atoms. The number of hydrogen-bond acceptors (Lipinski definition) is 4. The Morgan fingerprint density at radius 3 is 2.62 bits per heavy atom. The molecule has 4 N–H and O–H groups in total. The van der Waals surface area contributed by atoms with Crippen LogP contribution in [0.15, 0.2) is 4.99 Å². The quantitative estimate of drug-likeness (QED) is 0.257. The van der Waals surface area contributed by atoms with Gasteiger partial charge in [0.1, 0.15) is 6.73 Å². The van der Waals surface area contributed by atoms with Gasteiger partial charge in [-0.15, -0.1) is 0 Å². The van der Waals surface area contributed by atoms with E-state index >= 15 is 0 Å². The van der Waals surface area contributed by atoms with Crippen molar-refractivity contribution in [2.75, 3.05) is 12.7 Å². The van der Waals surface area contributed by atoms with Crippen molar-refractivity contribution in [2.45, 2.75) is 0 Å². The summed E-state index contributed by atoms with van der Waals surface area (Å²) in [4.78, 5) is 3.37. The minimum absolute atomic E-state index is 0.102. The minimum Gasteiger partial charge on any atom is -0.385 e. The average Bonchev–Trinajstić information content (AvgIpc) is 1.68. The van der Waals surface area contributed by atoms with E-state index in [0.717, 1.165) is 11.8 Å². The third kappa shape index (κ3) is 3.91. The second kappa shape index (κ2) is 4.89. The highest BCUT2D eigenvalue weighted by Crippen LogP contribution is 1.94. The van der Waals surface area contributed by atoms with Crippen LogP contribution in [0, 0.1) is 0 Å². The van der Waals surface area contributed by atoms with Gasteiger partial charge in [0, 0.05) is 0 Å². The summed E-state index contributed by atoms with van der Waals surface area (Å²) in [5, 5.41) is 16.5. The molecule has 0 aromatic rings. The van der Waals surface area contributed by atoms with Gasteiger partial charge in [-0.25, -0.2) is 4.99 Å². The summed E-state index contributed by atoms with van der Waals surface area (Å²) < 4.78 is 0. The van der Waals surface area contributed by atoms with Crippen LogP contribution in [0.25, 0.3) is 0 Å². The summed E-state index contributed by atoms with van der Waals surface area (Å²) in [6.45, 7) is -0.321. The minimum atomic E-state index is -0.321. The molecule has 0 bridgehead atoms. The summed E-state index contributed by atoms with van der Waals surface area (Å²) >= 11 is 0.979. The number of amidine groups is 1. The van der Waals surface area contributed by atoms with Gasteiger partial charge < -0.3 is 15.9 Å². The van der Waals surface area contributed by atoms with E-state index in [2.05, 4.69) is 4.99 Å². The molecule has 0 radical (unpaired) electrons. The smallest absolute Gasteiger partial charge is 0.158 e. The van der Waals surface area contributed by atoms with Crippen molar-refractivity contribution >= 4 is 16.9 Å². The van der Waals surface area contributed by atoms with Crippen LogP contribution < -0.4 is 5.73 Å². The van der Waals surface area contributed by atoms with Crippen LogP contribution in [0.4, 0.5) is 0 Å². The summed E-state index contributed by atoms with van der Waals surface area (Å²) in [5.41, 5.74) is 5.09. The van der Waals surface area contributed by atoms with E-state index in [4.69, 9.17) is 15.9 Å². The maximum absolute atomic E-state index is 8.18. The molecule has 0 unspecified atom stereocenters. The maximum Gasteiger partial charge on any atom is 0.158 e. The first-order valence-corrected chi connectivity index (χ1v) is 2.94. The number of aliphatic hydroxyl groups is 2. The second-order valence-corrected chi connectivity index (χ2v) is 1.88. The fraction of sp³-hybridized carbons (Fsp3) is 0.667. The highest BCUT2D eigenvalue weighted by molar-refractivity contribution is 8.13. The lowest BCUT2D eigenvalue weighted by Crippen LogP contribution is -2.07. The molecular weight excluding hydrogens is 128 g/mol. The molecule has 48 valence electrons. The Bertz CT molecular complexity index is 85.4. The van der Waals surface area contributed by atoms with Gasteiger partial charge in [-0.3, -0.25) is 0 Å². The van der Waals surface area contributed by atoms with E-state index in [1.165, 1.54) is 0 Å². The van der Waals surface area contributed by atoms with Gasteiger partial charge in [-0.2, -0.15) is 0 Å². The Morgan fingerprint density at radius 1 is 1.62 bits per heavy atom. The maximum atomic E-state index is 8.18. The summed E-state index contributed by atoms with van der Waals surface area (Å²) in [5.74, 6) is -0.102. The van der Waals surface area contributed by atoms with E-state index in [-0.39, 0.29) is 17.8 Å². The van der Waals surface area contributed by atoms with Crippen molar-refractivity contribution in [3.8, 4) is 0 Å². The molecule has 0 spiro atoms. The molecule has 0 rings (SSSR count). The molecule has 0 atom stereocenters. The van der Waals surface area contributed by atoms with E-state index in [9.17, 15) is 0 Å². The molecular formula is C3H8N2O2S. The summed E-state index contributed by atoms with van der Waals surface area (Å²) in [6, 6.07) is 0. The van der Waals surface area contributed by atoms with Gasteiger partial charge in [0.2, 0.25) is 0 Å². The molecule has 0 aliphatic carbocycles. The number of nitrogens with zero attached hydrogens (tertiary/aromatic N) is 1. The van der Waals surface area contributed by atoms with Gasteiger partial charge in [0.05, 0.1) is 5.94 Å². The topological polar surface area (TPSA) is 78.8 Å². The Kier molecular flexibility index (Phi) is 4.73. The first-order chi connectivity index (χ1) is 3.81. The van der Waals surface area contributed by atoms with Crippen molar-refractivity contribution in [3.63, 3.8) is 0 Å². The van der Waals surface area contributed by atoms with Crippen molar-refractivity contribution < 1.29 is 10.2 Å². The first-order valence-electron chi connectivity index (χ1n) is 1.95. The van der Waals surface area contributed by atoms with Gasteiger partial charge in [-0.1, -0.05) is 11.8 Å². The number of rotatable bonds is 2. The van der Waals surface area contributed by atoms with E-state index in [1.807, 2.05) is 0 Å². The Morgan fingerprint density at radius 2 is 2.25 bits per heavy atom. The number of hydrogen-bond donors (Lipinski definition) is 3. The summed E-state index contributed by atoms with van der Waals surface area (Å²) in [7, 11) is 0. The fourth-order valence-corrected chi connectivity index (χ4v) is 0.463. The molecule has 4 nitrogen and oxygen atoms in total. The van der Waals surface area contributed by atoms with Crippen LogP contribution in [0.3, 0.4) is 0 Å². The third-order valence-electron chi connectivity index (χ3n) is 0.439. The third-order valence-corrected chi connectivity index (χ3v) is 0.993. The molecule has 0 saturated carbocycles. The fourth-order valence-electron chi connectivity index (χ4n) is 0.181. The number of nitrogens with two attached hydrogens (primary N) is 1. The predicted octanol–water partition coefficient (Wildman–Crippen LogP) is -1.07. The Labute approximate surface area is 51.4 Å². The lowest BCUT2D eigenvalue weighted by molar-refractivity contribution is 0.309. The zero-order chi connectivity index (χ0) is 6.41. The average molecular weight is 136 g/mol. The standard InChI is InChI=1S/C3H8N2O2S/c4-3(5-1-6)8-2-7/h6-7H,1-2H2,(H2,4,5). The van der Waals surface area contributed by atoms with Crippen LogP contribution in [0.1, 0.15) is 0 Å². The largest absolute Gasteiger partial charge is 0.385 e. The van der Waals surface area contributed by atoms with Crippen molar-refractivity contribution in [1.29, 1.82) is 0 Å². The van der Waals surface area contributed by atoms with Gasteiger partial charge in [0.25, 0.3) is 0 Å². The highest BCUT2D eigenvalue weighted by atomic mass is 32.2. The highest BCUT2D eigenvalue weighted by Gasteiger charge is 1.86. The number of aliphatic imine (C=N–C) groups is 1. The first kappa shape index (κ1) is 7.74. The zero-order valence-corrected chi connectivity index (χ0v) is 5.06. The van der Waals surface area contributed by atoms with Crippen LogP contribution in [0.5, 0.6) is 0 Å². The van der Waals surface area contributed by atoms with E-state index in [1.54, 1.807) is 0 Å². The molecule has 0 amide bonds. The molecule has 0 aromatic heterocycles. The normalized spacial score (nSPS) is 12.0. The van der Waals surface area contributed by atoms with Gasteiger partial charge in [0.15, 0.2) is 5.17 Å².